The molecule has 1 saturated heterocycles. The smallest absolute Gasteiger partial charge is 0.142 e. The van der Waals surface area contributed by atoms with Gasteiger partial charge in [0.25, 0.3) is 0 Å². The summed E-state index contributed by atoms with van der Waals surface area (Å²) < 4.78 is 5.93. The van der Waals surface area contributed by atoms with E-state index < -0.39 is 0 Å². The van der Waals surface area contributed by atoms with Gasteiger partial charge < -0.3 is 4.74 Å². The Hall–Kier alpha value is -0.890. The summed E-state index contributed by atoms with van der Waals surface area (Å²) in [5, 5.41) is 0. The lowest BCUT2D eigenvalue weighted by atomic mass is 9.94. The Morgan fingerprint density at radius 1 is 1.59 bits per heavy atom. The SMILES string of the molecule is C=C[C@@]1(C)CC[C@@H]([C@@H](C)C(=O)CC=C(C)C)O1. The fourth-order valence-electron chi connectivity index (χ4n) is 2.09. The number of ether oxygens (including phenoxy) is 1. The summed E-state index contributed by atoms with van der Waals surface area (Å²) in [7, 11) is 0. The van der Waals surface area contributed by atoms with Crippen LogP contribution in [0, 0.1) is 5.92 Å². The molecule has 0 aromatic heterocycles. The molecule has 0 aliphatic carbocycles. The van der Waals surface area contributed by atoms with Gasteiger partial charge in [-0.2, -0.15) is 0 Å². The second-order valence-corrected chi connectivity index (χ2v) is 5.45. The zero-order chi connectivity index (χ0) is 13.1. The molecule has 17 heavy (non-hydrogen) atoms. The topological polar surface area (TPSA) is 26.3 Å². The molecular weight excluding hydrogens is 212 g/mol. The van der Waals surface area contributed by atoms with Gasteiger partial charge >= 0.3 is 0 Å². The summed E-state index contributed by atoms with van der Waals surface area (Å²) in [5.74, 6) is 0.247. The van der Waals surface area contributed by atoms with Gasteiger partial charge in [-0.3, -0.25) is 4.79 Å². The molecule has 1 fully saturated rings. The minimum atomic E-state index is -0.240. The van der Waals surface area contributed by atoms with Crippen molar-refractivity contribution in [2.45, 2.75) is 58.7 Å². The van der Waals surface area contributed by atoms with Gasteiger partial charge in [-0.25, -0.2) is 0 Å². The third-order valence-corrected chi connectivity index (χ3v) is 3.55. The van der Waals surface area contributed by atoms with Crippen molar-refractivity contribution in [1.29, 1.82) is 0 Å². The molecule has 2 nitrogen and oxygen atoms in total. The highest BCUT2D eigenvalue weighted by molar-refractivity contribution is 5.82. The van der Waals surface area contributed by atoms with Gasteiger partial charge in [-0.1, -0.05) is 24.6 Å². The Morgan fingerprint density at radius 3 is 2.71 bits per heavy atom. The maximum Gasteiger partial charge on any atom is 0.142 e. The molecule has 0 saturated carbocycles. The summed E-state index contributed by atoms with van der Waals surface area (Å²) in [5.41, 5.74) is 0.948. The Balaban J connectivity index is 2.54. The van der Waals surface area contributed by atoms with Gasteiger partial charge in [0.1, 0.15) is 5.78 Å². The number of rotatable bonds is 5. The molecule has 0 aromatic carbocycles. The number of ketones is 1. The van der Waals surface area contributed by atoms with Crippen LogP contribution in [0.2, 0.25) is 0 Å². The Labute approximate surface area is 105 Å². The van der Waals surface area contributed by atoms with Gasteiger partial charge in [-0.05, 0) is 33.6 Å². The van der Waals surface area contributed by atoms with Crippen molar-refractivity contribution in [3.63, 3.8) is 0 Å². The summed E-state index contributed by atoms with van der Waals surface area (Å²) >= 11 is 0. The second-order valence-electron chi connectivity index (χ2n) is 5.45. The normalized spacial score (nSPS) is 29.8. The number of hydrogen-bond acceptors (Lipinski definition) is 2. The van der Waals surface area contributed by atoms with E-state index in [-0.39, 0.29) is 23.4 Å². The van der Waals surface area contributed by atoms with Crippen LogP contribution >= 0.6 is 0 Å². The van der Waals surface area contributed by atoms with Gasteiger partial charge in [0, 0.05) is 12.3 Å². The molecule has 1 aliphatic rings. The van der Waals surface area contributed by atoms with Crippen molar-refractivity contribution in [1.82, 2.24) is 0 Å². The van der Waals surface area contributed by atoms with Crippen LogP contribution in [0.3, 0.4) is 0 Å². The summed E-state index contributed by atoms with van der Waals surface area (Å²) in [4.78, 5) is 12.0. The third kappa shape index (κ3) is 3.81. The maximum absolute atomic E-state index is 12.0. The number of hydrogen-bond donors (Lipinski definition) is 0. The minimum Gasteiger partial charge on any atom is -0.367 e. The van der Waals surface area contributed by atoms with Crippen molar-refractivity contribution in [3.8, 4) is 0 Å². The Bertz CT molecular complexity index is 326. The van der Waals surface area contributed by atoms with E-state index in [2.05, 4.69) is 6.58 Å². The Kier molecular flexibility index (Phi) is 4.70. The monoisotopic (exact) mass is 236 g/mol. The van der Waals surface area contributed by atoms with Crippen molar-refractivity contribution >= 4 is 5.78 Å². The molecule has 0 N–H and O–H groups in total. The molecule has 0 amide bonds. The van der Waals surface area contributed by atoms with Crippen molar-refractivity contribution < 1.29 is 9.53 Å². The molecule has 1 rings (SSSR count). The molecular formula is C15H24O2. The van der Waals surface area contributed by atoms with E-state index in [1.165, 1.54) is 5.57 Å². The molecule has 0 bridgehead atoms. The van der Waals surface area contributed by atoms with E-state index in [1.54, 1.807) is 0 Å². The van der Waals surface area contributed by atoms with E-state index in [9.17, 15) is 4.79 Å². The van der Waals surface area contributed by atoms with E-state index in [0.717, 1.165) is 12.8 Å². The number of carbonyl (C=O) groups is 1. The highest BCUT2D eigenvalue weighted by atomic mass is 16.5. The van der Waals surface area contributed by atoms with E-state index in [0.29, 0.717) is 6.42 Å². The number of allylic oxidation sites excluding steroid dienone is 2. The van der Waals surface area contributed by atoms with Crippen LogP contribution in [0.4, 0.5) is 0 Å². The van der Waals surface area contributed by atoms with Gasteiger partial charge in [0.15, 0.2) is 0 Å². The van der Waals surface area contributed by atoms with Gasteiger partial charge in [0.05, 0.1) is 11.7 Å². The molecule has 0 unspecified atom stereocenters. The summed E-state index contributed by atoms with van der Waals surface area (Å²) in [6.07, 6.45) is 6.32. The fourth-order valence-corrected chi connectivity index (χ4v) is 2.09. The first-order chi connectivity index (χ1) is 7.88. The predicted molar refractivity (Wildman–Crippen MR) is 70.9 cm³/mol. The first-order valence-corrected chi connectivity index (χ1v) is 6.35. The zero-order valence-electron chi connectivity index (χ0n) is 11.5. The summed E-state index contributed by atoms with van der Waals surface area (Å²) in [6.45, 7) is 11.8. The van der Waals surface area contributed by atoms with Crippen LogP contribution in [0.25, 0.3) is 0 Å². The van der Waals surface area contributed by atoms with Crippen LogP contribution in [-0.2, 0) is 9.53 Å². The van der Waals surface area contributed by atoms with Crippen LogP contribution < -0.4 is 0 Å². The predicted octanol–water partition coefficient (Wildman–Crippen LogP) is 3.67. The fraction of sp³-hybridized carbons (Fsp3) is 0.667. The van der Waals surface area contributed by atoms with Gasteiger partial charge in [0.2, 0.25) is 0 Å². The van der Waals surface area contributed by atoms with Crippen LogP contribution in [-0.4, -0.2) is 17.5 Å². The first-order valence-electron chi connectivity index (χ1n) is 6.35. The molecule has 0 aromatic rings. The molecule has 1 heterocycles. The van der Waals surface area contributed by atoms with Gasteiger partial charge in [-0.15, -0.1) is 6.58 Å². The summed E-state index contributed by atoms with van der Waals surface area (Å²) in [6, 6.07) is 0. The lowest BCUT2D eigenvalue weighted by molar-refractivity contribution is -0.127. The number of carbonyl (C=O) groups excluding carboxylic acids is 1. The number of Topliss-reactive ketones (excluding diaryl/α,β-unsaturated/α-hetero) is 1. The molecule has 3 atom stereocenters. The average Bonchev–Trinajstić information content (AvgIpc) is 2.68. The van der Waals surface area contributed by atoms with Crippen molar-refractivity contribution in [2.75, 3.05) is 0 Å². The van der Waals surface area contributed by atoms with E-state index >= 15 is 0 Å². The largest absolute Gasteiger partial charge is 0.367 e. The van der Waals surface area contributed by atoms with Crippen LogP contribution in [0.15, 0.2) is 24.3 Å². The second kappa shape index (κ2) is 5.63. The van der Waals surface area contributed by atoms with Crippen molar-refractivity contribution in [2.24, 2.45) is 5.92 Å². The molecule has 0 spiro atoms. The quantitative estimate of drug-likeness (QED) is 0.681. The standard InChI is InChI=1S/C15H24O2/c1-6-15(5)10-9-14(17-15)12(4)13(16)8-7-11(2)3/h6-7,12,14H,1,8-10H2,2-5H3/t12-,14-,15-/m0/s1. The average molecular weight is 236 g/mol. The minimum absolute atomic E-state index is 0.0209. The lowest BCUT2D eigenvalue weighted by Crippen LogP contribution is -2.29. The lowest BCUT2D eigenvalue weighted by Gasteiger charge is -2.23. The maximum atomic E-state index is 12.0. The molecule has 96 valence electrons. The zero-order valence-corrected chi connectivity index (χ0v) is 11.5. The molecule has 0 radical (unpaired) electrons. The Morgan fingerprint density at radius 2 is 2.24 bits per heavy atom. The highest BCUT2D eigenvalue weighted by Crippen LogP contribution is 2.34. The van der Waals surface area contributed by atoms with Crippen LogP contribution in [0.1, 0.15) is 47.0 Å². The van der Waals surface area contributed by atoms with E-state index in [1.807, 2.05) is 39.8 Å². The molecule has 1 aliphatic heterocycles. The van der Waals surface area contributed by atoms with Crippen molar-refractivity contribution in [3.05, 3.63) is 24.3 Å². The molecule has 2 heteroatoms. The third-order valence-electron chi connectivity index (χ3n) is 3.55. The highest BCUT2D eigenvalue weighted by Gasteiger charge is 2.37. The van der Waals surface area contributed by atoms with E-state index in [4.69, 9.17) is 4.74 Å². The van der Waals surface area contributed by atoms with Crippen LogP contribution in [0.5, 0.6) is 0 Å². The first kappa shape index (κ1) is 14.2.